The molecule has 2 heterocycles. The van der Waals surface area contributed by atoms with Crippen molar-refractivity contribution >= 4 is 74.8 Å². The molecule has 364 valence electrons. The lowest BCUT2D eigenvalue weighted by molar-refractivity contribution is -0.141. The number of amides is 5. The third kappa shape index (κ3) is 14.2. The van der Waals surface area contributed by atoms with Gasteiger partial charge in [0.05, 0.1) is 12.1 Å². The van der Waals surface area contributed by atoms with Gasteiger partial charge in [0.2, 0.25) is 29.5 Å². The predicted molar refractivity (Wildman–Crippen MR) is 268 cm³/mol. The van der Waals surface area contributed by atoms with E-state index >= 15 is 4.79 Å². The molecule has 1 unspecified atom stereocenters. The minimum absolute atomic E-state index is 0.0261. The Hall–Kier alpha value is -6.70. The molecule has 0 aliphatic rings. The van der Waals surface area contributed by atoms with Crippen molar-refractivity contribution in [3.63, 3.8) is 0 Å². The molecular formula is C49H66N12O6S. The second kappa shape index (κ2) is 24.9. The molecule has 0 saturated carbocycles. The van der Waals surface area contributed by atoms with E-state index in [4.69, 9.17) is 28.7 Å². The maximum atomic E-state index is 15.0. The Bertz CT molecular complexity index is 2570. The molecule has 0 bridgehead atoms. The number of fused-ring (bicyclic) bond motifs is 2. The number of guanidine groups is 1. The van der Waals surface area contributed by atoms with E-state index in [2.05, 4.69) is 30.9 Å². The van der Waals surface area contributed by atoms with Crippen LogP contribution >= 0.6 is 11.8 Å². The average Bonchev–Trinajstić information content (AvgIpc) is 3.92. The summed E-state index contributed by atoms with van der Waals surface area (Å²) >= 11 is 1.49. The quantitative estimate of drug-likeness (QED) is 0.0166. The highest BCUT2D eigenvalue weighted by atomic mass is 32.2. The molecule has 5 amide bonds. The number of likely N-dealkylation sites (N-methyl/N-ethyl adjacent to an activating group) is 1. The third-order valence-corrected chi connectivity index (χ3v) is 12.5. The molecular weight excluding hydrogens is 885 g/mol. The Balaban J connectivity index is 1.49. The Labute approximate surface area is 400 Å². The number of aromatic amines is 2. The number of Topliss-reactive ketones (excluding diaryl/α,β-unsaturated/α-hetero) is 1. The lowest BCUT2D eigenvalue weighted by Gasteiger charge is -2.32. The van der Waals surface area contributed by atoms with Crippen LogP contribution in [-0.4, -0.2) is 118 Å². The normalized spacial score (nSPS) is 14.0. The monoisotopic (exact) mass is 950 g/mol. The maximum Gasteiger partial charge on any atom is 0.243 e. The first-order valence-corrected chi connectivity index (χ1v) is 24.1. The number of para-hydroxylation sites is 2. The van der Waals surface area contributed by atoms with Crippen LogP contribution in [0.5, 0.6) is 0 Å². The molecule has 15 N–H and O–H groups in total. The number of H-pyrrole nitrogens is 2. The molecule has 2 aromatic heterocycles. The fourth-order valence-electron chi connectivity index (χ4n) is 8.21. The van der Waals surface area contributed by atoms with Crippen molar-refractivity contribution in [3.8, 4) is 0 Å². The Kier molecular flexibility index (Phi) is 19.1. The predicted octanol–water partition coefficient (Wildman–Crippen LogP) is 2.13. The number of carbonyl (C=O) groups is 6. The minimum atomic E-state index is -1.31. The van der Waals surface area contributed by atoms with Crippen molar-refractivity contribution in [2.75, 3.05) is 25.6 Å². The van der Waals surface area contributed by atoms with E-state index in [1.54, 1.807) is 30.5 Å². The van der Waals surface area contributed by atoms with Crippen LogP contribution in [0, 0.1) is 5.92 Å². The van der Waals surface area contributed by atoms with Gasteiger partial charge in [-0.3, -0.25) is 33.8 Å². The van der Waals surface area contributed by atoms with Gasteiger partial charge < -0.3 is 59.5 Å². The highest BCUT2D eigenvalue weighted by molar-refractivity contribution is 7.98. The number of aliphatic imine (C=N–C) groups is 1. The Morgan fingerprint density at radius 2 is 1.24 bits per heavy atom. The summed E-state index contributed by atoms with van der Waals surface area (Å²) in [5.74, 6) is -3.28. The largest absolute Gasteiger partial charge is 0.370 e. The first kappa shape index (κ1) is 52.3. The number of benzene rings is 3. The summed E-state index contributed by atoms with van der Waals surface area (Å²) in [5, 5.41) is 10.2. The molecule has 68 heavy (non-hydrogen) atoms. The number of hydrogen-bond donors (Lipinski definition) is 10. The second-order valence-electron chi connectivity index (χ2n) is 17.5. The van der Waals surface area contributed by atoms with E-state index in [1.165, 1.54) is 23.7 Å². The molecule has 0 saturated heterocycles. The number of ketones is 1. The van der Waals surface area contributed by atoms with Gasteiger partial charge in [-0.05, 0) is 78.9 Å². The standard InChI is InChI=1S/C49H66N12O6S/c1-28(2)22-40(45(64)58-39(44(52)63)19-21-68-4)59-46(65)41(24-31-27-57-38-18-10-8-14-33(31)38)60-47(66)42(61(3)48(67)35(50)16-11-20-55-49(53)54)25-29-12-5-6-15-34(29)43(62)36(51)23-30-26-56-37-17-9-7-13-32(30)37/h5-10,12-15,17-18,26-28,35-36,39-42,56-57H,11,16,19-25,50-51H2,1-4H3,(H2,52,63)(H,58,64)(H,59,65)(H,60,66)(H4,53,54,55)/t35-,36?,39-,40-,41+,42-/m0/s1. The smallest absolute Gasteiger partial charge is 0.243 e. The van der Waals surface area contributed by atoms with Crippen molar-refractivity contribution in [2.24, 2.45) is 39.6 Å². The van der Waals surface area contributed by atoms with Gasteiger partial charge in [-0.2, -0.15) is 11.8 Å². The number of rotatable bonds is 26. The van der Waals surface area contributed by atoms with E-state index in [9.17, 15) is 24.0 Å². The van der Waals surface area contributed by atoms with Crippen LogP contribution in [0.1, 0.15) is 66.6 Å². The van der Waals surface area contributed by atoms with E-state index in [0.29, 0.717) is 29.7 Å². The highest BCUT2D eigenvalue weighted by Crippen LogP contribution is 2.23. The van der Waals surface area contributed by atoms with E-state index in [0.717, 1.165) is 27.4 Å². The molecule has 0 aliphatic heterocycles. The molecule has 0 spiro atoms. The van der Waals surface area contributed by atoms with Crippen molar-refractivity contribution in [3.05, 3.63) is 107 Å². The first-order chi connectivity index (χ1) is 32.5. The molecule has 19 heteroatoms. The van der Waals surface area contributed by atoms with Gasteiger partial charge in [0.25, 0.3) is 0 Å². The molecule has 6 atom stereocenters. The molecule has 5 rings (SSSR count). The molecule has 0 fully saturated rings. The molecule has 0 aliphatic carbocycles. The SMILES string of the molecule is CSCC[C@H](NC(=O)[C@H](CC(C)C)NC(=O)[C@@H](Cc1c[nH]c2ccccc12)NC(=O)[C@H](Cc1ccccc1C(=O)C(N)Cc1c[nH]c2ccccc12)N(C)C(=O)[C@@H](N)CCCN=C(N)N)C(N)=O. The number of carbonyl (C=O) groups excluding carboxylic acids is 6. The summed E-state index contributed by atoms with van der Waals surface area (Å²) in [6.07, 6.45) is 6.54. The van der Waals surface area contributed by atoms with Gasteiger partial charge in [-0.15, -0.1) is 0 Å². The fourth-order valence-corrected chi connectivity index (χ4v) is 8.68. The highest BCUT2D eigenvalue weighted by Gasteiger charge is 2.36. The number of aromatic nitrogens is 2. The molecule has 3 aromatic carbocycles. The van der Waals surface area contributed by atoms with Gasteiger partial charge in [-0.25, -0.2) is 0 Å². The summed E-state index contributed by atoms with van der Waals surface area (Å²) in [7, 11) is 1.44. The van der Waals surface area contributed by atoms with Crippen LogP contribution in [0.15, 0.2) is 90.2 Å². The number of thioether (sulfide) groups is 1. The summed E-state index contributed by atoms with van der Waals surface area (Å²) < 4.78 is 0. The van der Waals surface area contributed by atoms with E-state index < -0.39 is 65.8 Å². The number of nitrogens with two attached hydrogens (primary N) is 5. The van der Waals surface area contributed by atoms with Crippen LogP contribution < -0.4 is 44.6 Å². The van der Waals surface area contributed by atoms with Crippen LogP contribution in [0.2, 0.25) is 0 Å². The number of nitrogens with zero attached hydrogens (tertiary/aromatic N) is 2. The van der Waals surface area contributed by atoms with Gasteiger partial charge in [0, 0.05) is 66.2 Å². The average molecular weight is 951 g/mol. The van der Waals surface area contributed by atoms with E-state index in [1.807, 2.05) is 74.8 Å². The summed E-state index contributed by atoms with van der Waals surface area (Å²) in [4.78, 5) is 95.8. The molecule has 5 aromatic rings. The Morgan fingerprint density at radius 1 is 0.676 bits per heavy atom. The fraction of sp³-hybridized carbons (Fsp3) is 0.408. The van der Waals surface area contributed by atoms with Crippen LogP contribution in [-0.2, 0) is 43.2 Å². The topological polar surface area (TPSA) is 316 Å². The van der Waals surface area contributed by atoms with Crippen LogP contribution in [0.25, 0.3) is 21.8 Å². The Morgan fingerprint density at radius 3 is 1.84 bits per heavy atom. The zero-order valence-corrected chi connectivity index (χ0v) is 39.9. The van der Waals surface area contributed by atoms with Gasteiger partial charge >= 0.3 is 0 Å². The van der Waals surface area contributed by atoms with Crippen molar-refractivity contribution < 1.29 is 28.8 Å². The number of primary amides is 1. The summed E-state index contributed by atoms with van der Waals surface area (Å²) in [6.45, 7) is 4.00. The van der Waals surface area contributed by atoms with Crippen molar-refractivity contribution in [1.82, 2.24) is 30.8 Å². The van der Waals surface area contributed by atoms with Gasteiger partial charge in [-0.1, -0.05) is 74.5 Å². The van der Waals surface area contributed by atoms with Crippen LogP contribution in [0.4, 0.5) is 0 Å². The van der Waals surface area contributed by atoms with Gasteiger partial charge in [0.15, 0.2) is 11.7 Å². The van der Waals surface area contributed by atoms with Crippen molar-refractivity contribution in [2.45, 2.75) is 95.0 Å². The van der Waals surface area contributed by atoms with Gasteiger partial charge in [0.1, 0.15) is 24.2 Å². The third-order valence-electron chi connectivity index (χ3n) is 11.9. The van der Waals surface area contributed by atoms with Crippen molar-refractivity contribution in [1.29, 1.82) is 0 Å². The minimum Gasteiger partial charge on any atom is -0.370 e. The lowest BCUT2D eigenvalue weighted by atomic mass is 9.91. The van der Waals surface area contributed by atoms with Crippen LogP contribution in [0.3, 0.4) is 0 Å². The summed E-state index contributed by atoms with van der Waals surface area (Å²) in [5.41, 5.74) is 33.7. The zero-order valence-electron chi connectivity index (χ0n) is 39.1. The molecule has 18 nitrogen and oxygen atoms in total. The summed E-state index contributed by atoms with van der Waals surface area (Å²) in [6, 6.07) is 15.2. The van der Waals surface area contributed by atoms with E-state index in [-0.39, 0.29) is 61.9 Å². The number of nitrogens with one attached hydrogen (secondary N) is 5. The first-order valence-electron chi connectivity index (χ1n) is 22.7. The number of hydrogen-bond acceptors (Lipinski definition) is 10. The lowest BCUT2D eigenvalue weighted by Crippen LogP contribution is -2.59. The maximum absolute atomic E-state index is 15.0. The second-order valence-corrected chi connectivity index (χ2v) is 18.5. The zero-order chi connectivity index (χ0) is 49.5. The molecule has 0 radical (unpaired) electrons.